The molecular weight excluding hydrogens is 326 g/mol. The van der Waals surface area contributed by atoms with E-state index in [9.17, 15) is 4.79 Å². The summed E-state index contributed by atoms with van der Waals surface area (Å²) in [7, 11) is 6.24. The largest absolute Gasteiger partial charge is 0.493 e. The zero-order valence-electron chi connectivity index (χ0n) is 15.4. The first kappa shape index (κ1) is 19.3. The van der Waals surface area contributed by atoms with Gasteiger partial charge >= 0.3 is 5.97 Å². The minimum absolute atomic E-state index is 0.237. The number of carbonyl (C=O) groups excluding carboxylic acids is 1. The lowest BCUT2D eigenvalue weighted by Gasteiger charge is -2.23. The van der Waals surface area contributed by atoms with Gasteiger partial charge in [-0.15, -0.1) is 0 Å². The molecule has 0 radical (unpaired) electrons. The van der Waals surface area contributed by atoms with Crippen LogP contribution in [0.5, 0.6) is 17.2 Å². The highest BCUT2D eigenvalue weighted by Crippen LogP contribution is 2.38. The minimum Gasteiger partial charge on any atom is -0.493 e. The maximum absolute atomic E-state index is 12.4. The molecule has 1 aliphatic rings. The maximum Gasteiger partial charge on any atom is 0.338 e. The number of hydrogen-bond acceptors (Lipinski definition) is 7. The molecule has 0 spiro atoms. The van der Waals surface area contributed by atoms with Crippen LogP contribution in [0.3, 0.4) is 0 Å². The molecule has 0 N–H and O–H groups in total. The molecule has 1 aromatic rings. The number of esters is 1. The molecule has 0 amide bonds. The predicted molar refractivity (Wildman–Crippen MR) is 92.9 cm³/mol. The van der Waals surface area contributed by atoms with Gasteiger partial charge in [-0.25, -0.2) is 4.79 Å². The molecule has 1 aromatic carbocycles. The second-order valence-electron chi connectivity index (χ2n) is 5.84. The van der Waals surface area contributed by atoms with Crippen LogP contribution in [0, 0.1) is 0 Å². The standard InChI is InChI=1S/C18H27NO6/c1-21-9-8-19-7-5-6-14(19)12-25-18(20)13-10-15(22-2)17(24-4)16(11-13)23-3/h10-11,14H,5-9,12H2,1-4H3/t14-/m0/s1. The van der Waals surface area contributed by atoms with E-state index < -0.39 is 5.97 Å². The number of methoxy groups -OCH3 is 4. The lowest BCUT2D eigenvalue weighted by molar-refractivity contribution is 0.0372. The van der Waals surface area contributed by atoms with Crippen LogP contribution in [0.25, 0.3) is 0 Å². The molecule has 0 bridgehead atoms. The quantitative estimate of drug-likeness (QED) is 0.629. The molecule has 7 nitrogen and oxygen atoms in total. The van der Waals surface area contributed by atoms with E-state index >= 15 is 0 Å². The van der Waals surface area contributed by atoms with E-state index in [1.165, 1.54) is 21.3 Å². The number of carbonyl (C=O) groups is 1. The molecule has 25 heavy (non-hydrogen) atoms. The predicted octanol–water partition coefficient (Wildman–Crippen LogP) is 1.98. The fourth-order valence-electron chi connectivity index (χ4n) is 3.04. The van der Waals surface area contributed by atoms with Gasteiger partial charge in [0.1, 0.15) is 6.61 Å². The highest BCUT2D eigenvalue weighted by molar-refractivity contribution is 5.91. The number of rotatable bonds is 9. The van der Waals surface area contributed by atoms with Crippen molar-refractivity contribution < 1.29 is 28.5 Å². The normalized spacial score (nSPS) is 17.4. The Balaban J connectivity index is 2.03. The Bertz CT molecular complexity index is 552. The molecule has 0 saturated carbocycles. The summed E-state index contributed by atoms with van der Waals surface area (Å²) in [5, 5.41) is 0. The molecule has 140 valence electrons. The Morgan fingerprint density at radius 3 is 2.36 bits per heavy atom. The van der Waals surface area contributed by atoms with Gasteiger partial charge in [0.2, 0.25) is 5.75 Å². The van der Waals surface area contributed by atoms with Gasteiger partial charge in [0, 0.05) is 19.7 Å². The summed E-state index contributed by atoms with van der Waals surface area (Å²) in [6.07, 6.45) is 2.13. The first-order chi connectivity index (χ1) is 12.1. The summed E-state index contributed by atoms with van der Waals surface area (Å²) < 4.78 is 26.5. The summed E-state index contributed by atoms with van der Waals surface area (Å²) in [6.45, 7) is 2.90. The lowest BCUT2D eigenvalue weighted by Crippen LogP contribution is -2.36. The zero-order valence-corrected chi connectivity index (χ0v) is 15.4. The van der Waals surface area contributed by atoms with Crippen molar-refractivity contribution in [3.05, 3.63) is 17.7 Å². The average Bonchev–Trinajstić information content (AvgIpc) is 3.10. The second-order valence-corrected chi connectivity index (χ2v) is 5.84. The molecule has 1 atom stereocenters. The van der Waals surface area contributed by atoms with E-state index in [1.807, 2.05) is 0 Å². The van der Waals surface area contributed by atoms with Crippen molar-refractivity contribution in [3.63, 3.8) is 0 Å². The minimum atomic E-state index is -0.405. The van der Waals surface area contributed by atoms with E-state index in [0.717, 1.165) is 25.9 Å². The van der Waals surface area contributed by atoms with Crippen LogP contribution in [0.2, 0.25) is 0 Å². The Morgan fingerprint density at radius 2 is 1.80 bits per heavy atom. The third kappa shape index (κ3) is 4.76. The van der Waals surface area contributed by atoms with Gasteiger partial charge < -0.3 is 23.7 Å². The summed E-state index contributed by atoms with van der Waals surface area (Å²) in [4.78, 5) is 14.7. The zero-order chi connectivity index (χ0) is 18.2. The molecule has 1 heterocycles. The van der Waals surface area contributed by atoms with Crippen LogP contribution in [0.1, 0.15) is 23.2 Å². The average molecular weight is 353 g/mol. The van der Waals surface area contributed by atoms with Crippen LogP contribution in [0.4, 0.5) is 0 Å². The number of nitrogens with zero attached hydrogens (tertiary/aromatic N) is 1. The van der Waals surface area contributed by atoms with Crippen LogP contribution in [-0.2, 0) is 9.47 Å². The smallest absolute Gasteiger partial charge is 0.338 e. The van der Waals surface area contributed by atoms with Crippen molar-refractivity contribution in [3.8, 4) is 17.2 Å². The van der Waals surface area contributed by atoms with Gasteiger partial charge in [-0.3, -0.25) is 4.90 Å². The number of benzene rings is 1. The third-order valence-corrected chi connectivity index (χ3v) is 4.39. The van der Waals surface area contributed by atoms with E-state index in [0.29, 0.717) is 36.0 Å². The van der Waals surface area contributed by atoms with Crippen molar-refractivity contribution in [2.24, 2.45) is 0 Å². The molecule has 1 fully saturated rings. The number of hydrogen-bond donors (Lipinski definition) is 0. The van der Waals surface area contributed by atoms with Crippen molar-refractivity contribution in [2.75, 3.05) is 54.7 Å². The van der Waals surface area contributed by atoms with Crippen LogP contribution in [0.15, 0.2) is 12.1 Å². The summed E-state index contributed by atoms with van der Waals surface area (Å²) >= 11 is 0. The van der Waals surface area contributed by atoms with Crippen molar-refractivity contribution >= 4 is 5.97 Å². The Labute approximate surface area is 148 Å². The molecule has 0 unspecified atom stereocenters. The molecule has 7 heteroatoms. The third-order valence-electron chi connectivity index (χ3n) is 4.39. The molecular formula is C18H27NO6. The monoisotopic (exact) mass is 353 g/mol. The fraction of sp³-hybridized carbons (Fsp3) is 0.611. The molecule has 2 rings (SSSR count). The van der Waals surface area contributed by atoms with Crippen LogP contribution < -0.4 is 14.2 Å². The highest BCUT2D eigenvalue weighted by Gasteiger charge is 2.26. The molecule has 0 aromatic heterocycles. The molecule has 1 saturated heterocycles. The van der Waals surface area contributed by atoms with Gasteiger partial charge in [-0.2, -0.15) is 0 Å². The van der Waals surface area contributed by atoms with E-state index in [1.54, 1.807) is 19.2 Å². The lowest BCUT2D eigenvalue weighted by atomic mass is 10.2. The first-order valence-corrected chi connectivity index (χ1v) is 8.34. The first-order valence-electron chi connectivity index (χ1n) is 8.34. The van der Waals surface area contributed by atoms with E-state index in [4.69, 9.17) is 23.7 Å². The SMILES string of the molecule is COCCN1CCC[C@H]1COC(=O)c1cc(OC)c(OC)c(OC)c1. The van der Waals surface area contributed by atoms with Crippen LogP contribution in [-0.4, -0.2) is 71.7 Å². The Morgan fingerprint density at radius 1 is 1.12 bits per heavy atom. The van der Waals surface area contributed by atoms with Gasteiger partial charge in [0.25, 0.3) is 0 Å². The Kier molecular flexibility index (Phi) is 7.33. The number of ether oxygens (including phenoxy) is 5. The van der Waals surface area contributed by atoms with E-state index in [-0.39, 0.29) is 6.04 Å². The van der Waals surface area contributed by atoms with Crippen LogP contribution >= 0.6 is 0 Å². The van der Waals surface area contributed by atoms with Crippen molar-refractivity contribution in [1.82, 2.24) is 4.90 Å². The molecule has 0 aliphatic carbocycles. The summed E-state index contributed by atoms with van der Waals surface area (Å²) in [6, 6.07) is 3.43. The second kappa shape index (κ2) is 9.48. The van der Waals surface area contributed by atoms with E-state index in [2.05, 4.69) is 4.90 Å². The summed E-state index contributed by atoms with van der Waals surface area (Å²) in [5.74, 6) is 0.897. The topological polar surface area (TPSA) is 66.5 Å². The van der Waals surface area contributed by atoms with Crippen molar-refractivity contribution in [1.29, 1.82) is 0 Å². The molecule has 1 aliphatic heterocycles. The van der Waals surface area contributed by atoms with Gasteiger partial charge in [0.15, 0.2) is 11.5 Å². The number of likely N-dealkylation sites (tertiary alicyclic amines) is 1. The van der Waals surface area contributed by atoms with Crippen molar-refractivity contribution in [2.45, 2.75) is 18.9 Å². The van der Waals surface area contributed by atoms with Gasteiger partial charge in [-0.1, -0.05) is 0 Å². The summed E-state index contributed by atoms with van der Waals surface area (Å²) in [5.41, 5.74) is 0.371. The maximum atomic E-state index is 12.4. The Hall–Kier alpha value is -1.99. The van der Waals surface area contributed by atoms with Gasteiger partial charge in [-0.05, 0) is 31.5 Å². The highest BCUT2D eigenvalue weighted by atomic mass is 16.5. The van der Waals surface area contributed by atoms with Gasteiger partial charge in [0.05, 0.1) is 33.5 Å². The fourth-order valence-corrected chi connectivity index (χ4v) is 3.04.